The molecule has 118 valence electrons. The summed E-state index contributed by atoms with van der Waals surface area (Å²) in [6.45, 7) is 4.02. The van der Waals surface area contributed by atoms with Gasteiger partial charge in [0.15, 0.2) is 5.16 Å². The standard InChI is InChI=1S/C16H21N3O2S/c1-11-5-7-19(8-6-11)15(20)10-22-16-17-13-4-3-12(21-2)9-14(13)18-16/h3-4,9,11H,5-8,10H2,1-2H3,(H,17,18). The summed E-state index contributed by atoms with van der Waals surface area (Å²) in [6.07, 6.45) is 2.22. The van der Waals surface area contributed by atoms with Gasteiger partial charge in [-0.05, 0) is 30.9 Å². The van der Waals surface area contributed by atoms with E-state index in [-0.39, 0.29) is 5.91 Å². The Morgan fingerprint density at radius 1 is 1.45 bits per heavy atom. The first-order valence-corrected chi connectivity index (χ1v) is 8.58. The molecule has 0 radical (unpaired) electrons. The molecule has 1 fully saturated rings. The summed E-state index contributed by atoms with van der Waals surface area (Å²) in [7, 11) is 1.64. The molecule has 6 heteroatoms. The van der Waals surface area contributed by atoms with Gasteiger partial charge in [0.05, 0.1) is 23.9 Å². The zero-order valence-corrected chi connectivity index (χ0v) is 13.8. The number of aromatic amines is 1. The van der Waals surface area contributed by atoms with Gasteiger partial charge in [0, 0.05) is 19.2 Å². The second-order valence-electron chi connectivity index (χ2n) is 5.78. The van der Waals surface area contributed by atoms with Gasteiger partial charge >= 0.3 is 0 Å². The predicted molar refractivity (Wildman–Crippen MR) is 88.3 cm³/mol. The van der Waals surface area contributed by atoms with Gasteiger partial charge in [-0.15, -0.1) is 0 Å². The number of hydrogen-bond donors (Lipinski definition) is 1. The molecule has 2 aromatic rings. The Morgan fingerprint density at radius 2 is 2.23 bits per heavy atom. The van der Waals surface area contributed by atoms with Crippen LogP contribution in [-0.2, 0) is 4.79 Å². The molecule has 0 aliphatic carbocycles. The molecule has 0 saturated carbocycles. The Labute approximate surface area is 134 Å². The van der Waals surface area contributed by atoms with E-state index in [4.69, 9.17) is 4.74 Å². The quantitative estimate of drug-likeness (QED) is 0.880. The third kappa shape index (κ3) is 3.38. The highest BCUT2D eigenvalue weighted by Crippen LogP contribution is 2.24. The van der Waals surface area contributed by atoms with Crippen LogP contribution in [0.25, 0.3) is 11.0 Å². The second kappa shape index (κ2) is 6.60. The molecule has 22 heavy (non-hydrogen) atoms. The number of amides is 1. The molecule has 0 spiro atoms. The van der Waals surface area contributed by atoms with Gasteiger partial charge in [-0.25, -0.2) is 4.98 Å². The molecule has 0 bridgehead atoms. The summed E-state index contributed by atoms with van der Waals surface area (Å²) in [5.41, 5.74) is 1.82. The van der Waals surface area contributed by atoms with E-state index >= 15 is 0 Å². The highest BCUT2D eigenvalue weighted by Gasteiger charge is 2.20. The van der Waals surface area contributed by atoms with Crippen molar-refractivity contribution in [3.05, 3.63) is 18.2 Å². The molecule has 1 aromatic heterocycles. The molecule has 1 N–H and O–H groups in total. The van der Waals surface area contributed by atoms with Crippen LogP contribution in [0.1, 0.15) is 19.8 Å². The normalized spacial score (nSPS) is 16.2. The van der Waals surface area contributed by atoms with E-state index in [1.54, 1.807) is 7.11 Å². The number of likely N-dealkylation sites (tertiary alicyclic amines) is 1. The number of piperidine rings is 1. The van der Waals surface area contributed by atoms with E-state index in [0.717, 1.165) is 53.8 Å². The summed E-state index contributed by atoms with van der Waals surface area (Å²) in [5, 5.41) is 0.780. The number of benzene rings is 1. The minimum atomic E-state index is 0.204. The van der Waals surface area contributed by atoms with Crippen LogP contribution >= 0.6 is 11.8 Å². The maximum atomic E-state index is 12.2. The van der Waals surface area contributed by atoms with Gasteiger partial charge in [0.2, 0.25) is 5.91 Å². The molecule has 2 heterocycles. The first-order valence-electron chi connectivity index (χ1n) is 7.60. The molecular weight excluding hydrogens is 298 g/mol. The highest BCUT2D eigenvalue weighted by molar-refractivity contribution is 7.99. The third-order valence-electron chi connectivity index (χ3n) is 4.14. The van der Waals surface area contributed by atoms with Gasteiger partial charge in [0.1, 0.15) is 5.75 Å². The number of methoxy groups -OCH3 is 1. The van der Waals surface area contributed by atoms with Gasteiger partial charge in [-0.2, -0.15) is 0 Å². The number of carbonyl (C=O) groups is 1. The fourth-order valence-corrected chi connectivity index (χ4v) is 3.43. The monoisotopic (exact) mass is 319 g/mol. The fraction of sp³-hybridized carbons (Fsp3) is 0.500. The maximum Gasteiger partial charge on any atom is 0.233 e. The fourth-order valence-electron chi connectivity index (χ4n) is 2.64. The predicted octanol–water partition coefficient (Wildman–Crippen LogP) is 2.92. The average molecular weight is 319 g/mol. The van der Waals surface area contributed by atoms with Crippen molar-refractivity contribution in [2.45, 2.75) is 24.9 Å². The van der Waals surface area contributed by atoms with Crippen LogP contribution in [0, 0.1) is 5.92 Å². The van der Waals surface area contributed by atoms with Crippen LogP contribution < -0.4 is 4.74 Å². The molecule has 3 rings (SSSR count). The zero-order chi connectivity index (χ0) is 15.5. The molecule has 1 aliphatic heterocycles. The minimum Gasteiger partial charge on any atom is -0.497 e. The van der Waals surface area contributed by atoms with Crippen LogP contribution in [0.4, 0.5) is 0 Å². The number of fused-ring (bicyclic) bond motifs is 1. The maximum absolute atomic E-state index is 12.2. The van der Waals surface area contributed by atoms with Crippen LogP contribution in [0.2, 0.25) is 0 Å². The molecule has 1 saturated heterocycles. The number of carbonyl (C=O) groups excluding carboxylic acids is 1. The van der Waals surface area contributed by atoms with Crippen LogP contribution in [0.3, 0.4) is 0 Å². The van der Waals surface area contributed by atoms with E-state index in [2.05, 4.69) is 16.9 Å². The second-order valence-corrected chi connectivity index (χ2v) is 6.74. The molecule has 1 amide bonds. The first kappa shape index (κ1) is 15.2. The summed E-state index contributed by atoms with van der Waals surface area (Å²) >= 11 is 1.46. The van der Waals surface area contributed by atoms with E-state index in [9.17, 15) is 4.79 Å². The summed E-state index contributed by atoms with van der Waals surface area (Å²) in [6, 6.07) is 5.72. The summed E-state index contributed by atoms with van der Waals surface area (Å²) in [4.78, 5) is 21.9. The average Bonchev–Trinajstić information content (AvgIpc) is 2.95. The van der Waals surface area contributed by atoms with Crippen LogP contribution in [-0.4, -0.2) is 46.7 Å². The van der Waals surface area contributed by atoms with E-state index in [1.165, 1.54) is 11.8 Å². The number of aromatic nitrogens is 2. The van der Waals surface area contributed by atoms with Crippen molar-refractivity contribution in [1.29, 1.82) is 0 Å². The van der Waals surface area contributed by atoms with Crippen molar-refractivity contribution in [3.63, 3.8) is 0 Å². The van der Waals surface area contributed by atoms with Gasteiger partial charge < -0.3 is 14.6 Å². The van der Waals surface area contributed by atoms with Crippen molar-refractivity contribution in [1.82, 2.24) is 14.9 Å². The number of ether oxygens (including phenoxy) is 1. The number of H-pyrrole nitrogens is 1. The van der Waals surface area contributed by atoms with Crippen molar-refractivity contribution in [3.8, 4) is 5.75 Å². The topological polar surface area (TPSA) is 58.2 Å². The highest BCUT2D eigenvalue weighted by atomic mass is 32.2. The van der Waals surface area contributed by atoms with E-state index in [0.29, 0.717) is 5.75 Å². The Morgan fingerprint density at radius 3 is 2.95 bits per heavy atom. The van der Waals surface area contributed by atoms with Gasteiger partial charge in [-0.1, -0.05) is 18.7 Å². The third-order valence-corrected chi connectivity index (χ3v) is 4.99. The molecule has 0 atom stereocenters. The molecule has 1 aliphatic rings. The van der Waals surface area contributed by atoms with Crippen molar-refractivity contribution >= 4 is 28.7 Å². The number of imidazole rings is 1. The molecular formula is C16H21N3O2S. The zero-order valence-electron chi connectivity index (χ0n) is 13.0. The lowest BCUT2D eigenvalue weighted by atomic mass is 9.99. The van der Waals surface area contributed by atoms with Crippen molar-refractivity contribution < 1.29 is 9.53 Å². The van der Waals surface area contributed by atoms with Crippen LogP contribution in [0.5, 0.6) is 5.75 Å². The summed E-state index contributed by atoms with van der Waals surface area (Å²) < 4.78 is 5.20. The SMILES string of the molecule is COc1ccc2nc(SCC(=O)N3CCC(C)CC3)[nH]c2c1. The number of hydrogen-bond acceptors (Lipinski definition) is 4. The summed E-state index contributed by atoms with van der Waals surface area (Å²) in [5.74, 6) is 2.17. The Hall–Kier alpha value is -1.69. The Bertz CT molecular complexity index is 662. The lowest BCUT2D eigenvalue weighted by molar-refractivity contribution is -0.129. The smallest absolute Gasteiger partial charge is 0.233 e. The number of nitrogens with zero attached hydrogens (tertiary/aromatic N) is 2. The molecule has 1 aromatic carbocycles. The molecule has 0 unspecified atom stereocenters. The molecule has 5 nitrogen and oxygen atoms in total. The Kier molecular flexibility index (Phi) is 4.57. The first-order chi connectivity index (χ1) is 10.7. The van der Waals surface area contributed by atoms with Crippen molar-refractivity contribution in [2.24, 2.45) is 5.92 Å². The van der Waals surface area contributed by atoms with Crippen LogP contribution in [0.15, 0.2) is 23.4 Å². The lowest BCUT2D eigenvalue weighted by Gasteiger charge is -2.30. The van der Waals surface area contributed by atoms with Crippen molar-refractivity contribution in [2.75, 3.05) is 26.0 Å². The van der Waals surface area contributed by atoms with Gasteiger partial charge in [-0.3, -0.25) is 4.79 Å². The number of nitrogens with one attached hydrogen (secondary N) is 1. The Balaban J connectivity index is 1.60. The number of thioether (sulfide) groups is 1. The minimum absolute atomic E-state index is 0.204. The van der Waals surface area contributed by atoms with E-state index < -0.39 is 0 Å². The lowest BCUT2D eigenvalue weighted by Crippen LogP contribution is -2.38. The number of rotatable bonds is 4. The van der Waals surface area contributed by atoms with E-state index in [1.807, 2.05) is 23.1 Å². The van der Waals surface area contributed by atoms with Gasteiger partial charge in [0.25, 0.3) is 0 Å². The largest absolute Gasteiger partial charge is 0.497 e.